The summed E-state index contributed by atoms with van der Waals surface area (Å²) in [5.74, 6) is -1.32. The minimum atomic E-state index is -2.82. The van der Waals surface area contributed by atoms with Crippen molar-refractivity contribution in [3.05, 3.63) is 34.9 Å². The monoisotopic (exact) mass is 290 g/mol. The molecular formula is C13H13ClF2O3. The van der Waals surface area contributed by atoms with Crippen molar-refractivity contribution < 1.29 is 23.1 Å². The highest BCUT2D eigenvalue weighted by molar-refractivity contribution is 6.33. The van der Waals surface area contributed by atoms with Gasteiger partial charge >= 0.3 is 5.97 Å². The molecule has 0 aliphatic carbocycles. The molecule has 0 heterocycles. The number of halogens is 3. The van der Waals surface area contributed by atoms with Crippen molar-refractivity contribution in [2.45, 2.75) is 25.7 Å². The highest BCUT2D eigenvalue weighted by Crippen LogP contribution is 2.25. The Kier molecular flexibility index (Phi) is 5.42. The van der Waals surface area contributed by atoms with Crippen LogP contribution in [0.1, 0.15) is 46.6 Å². The summed E-state index contributed by atoms with van der Waals surface area (Å²) in [6, 6.07) is 3.37. The SMILES string of the molecule is CCOC(=O)c1cc(C(=O)C(C)Cl)ccc1C(F)F. The molecule has 0 N–H and O–H groups in total. The Morgan fingerprint density at radius 1 is 1.37 bits per heavy atom. The van der Waals surface area contributed by atoms with Gasteiger partial charge in [0.25, 0.3) is 6.43 Å². The second-order valence-corrected chi connectivity index (χ2v) is 4.46. The molecule has 1 atom stereocenters. The number of hydrogen-bond donors (Lipinski definition) is 0. The fraction of sp³-hybridized carbons (Fsp3) is 0.385. The smallest absolute Gasteiger partial charge is 0.338 e. The minimum Gasteiger partial charge on any atom is -0.462 e. The molecule has 0 saturated heterocycles. The minimum absolute atomic E-state index is 0.0611. The lowest BCUT2D eigenvalue weighted by Crippen LogP contribution is -2.14. The molecule has 3 nitrogen and oxygen atoms in total. The number of hydrogen-bond acceptors (Lipinski definition) is 3. The Bertz CT molecular complexity index is 487. The zero-order valence-electron chi connectivity index (χ0n) is 10.5. The van der Waals surface area contributed by atoms with E-state index in [1.807, 2.05) is 0 Å². The summed E-state index contributed by atoms with van der Waals surface area (Å²) in [7, 11) is 0. The van der Waals surface area contributed by atoms with Crippen LogP contribution in [-0.2, 0) is 4.74 Å². The van der Waals surface area contributed by atoms with Crippen molar-refractivity contribution in [2.75, 3.05) is 6.61 Å². The number of Topliss-reactive ketones (excluding diaryl/α,β-unsaturated/α-hetero) is 1. The van der Waals surface area contributed by atoms with Crippen LogP contribution in [0.2, 0.25) is 0 Å². The van der Waals surface area contributed by atoms with Gasteiger partial charge in [-0.25, -0.2) is 13.6 Å². The molecule has 1 unspecified atom stereocenters. The van der Waals surface area contributed by atoms with Crippen LogP contribution in [0.15, 0.2) is 18.2 Å². The lowest BCUT2D eigenvalue weighted by atomic mass is 10.0. The van der Waals surface area contributed by atoms with E-state index < -0.39 is 29.1 Å². The standard InChI is InChI=1S/C13H13ClF2O3/c1-3-19-13(18)10-6-8(11(17)7(2)14)4-5-9(10)12(15)16/h4-7,12H,3H2,1-2H3. The maximum absolute atomic E-state index is 12.8. The van der Waals surface area contributed by atoms with Gasteiger partial charge in [-0.05, 0) is 19.9 Å². The Balaban J connectivity index is 3.26. The number of alkyl halides is 3. The molecule has 0 aromatic heterocycles. The van der Waals surface area contributed by atoms with E-state index in [-0.39, 0.29) is 17.7 Å². The van der Waals surface area contributed by atoms with Gasteiger partial charge in [-0.15, -0.1) is 11.6 Å². The molecule has 0 aliphatic heterocycles. The van der Waals surface area contributed by atoms with Crippen LogP contribution in [0.25, 0.3) is 0 Å². The predicted molar refractivity (Wildman–Crippen MR) is 67.0 cm³/mol. The summed E-state index contributed by atoms with van der Waals surface area (Å²) >= 11 is 5.64. The zero-order valence-corrected chi connectivity index (χ0v) is 11.2. The van der Waals surface area contributed by atoms with Crippen LogP contribution in [0.5, 0.6) is 0 Å². The molecule has 0 spiro atoms. The van der Waals surface area contributed by atoms with Crippen LogP contribution < -0.4 is 0 Å². The first kappa shape index (κ1) is 15.6. The molecule has 1 rings (SSSR count). The van der Waals surface area contributed by atoms with Crippen LogP contribution >= 0.6 is 11.6 Å². The molecule has 104 valence electrons. The van der Waals surface area contributed by atoms with Gasteiger partial charge in [-0.3, -0.25) is 4.79 Å². The predicted octanol–water partition coefficient (Wildman–Crippen LogP) is 3.61. The van der Waals surface area contributed by atoms with Crippen molar-refractivity contribution in [1.29, 1.82) is 0 Å². The van der Waals surface area contributed by atoms with E-state index >= 15 is 0 Å². The van der Waals surface area contributed by atoms with Gasteiger partial charge < -0.3 is 4.74 Å². The largest absolute Gasteiger partial charge is 0.462 e. The maximum atomic E-state index is 12.8. The number of carbonyl (C=O) groups is 2. The first-order valence-corrected chi connectivity index (χ1v) is 6.09. The molecule has 0 saturated carbocycles. The third-order valence-corrected chi connectivity index (χ3v) is 2.63. The van der Waals surface area contributed by atoms with E-state index in [2.05, 4.69) is 0 Å². The van der Waals surface area contributed by atoms with E-state index in [1.54, 1.807) is 6.92 Å². The molecule has 19 heavy (non-hydrogen) atoms. The van der Waals surface area contributed by atoms with Gasteiger partial charge in [0.2, 0.25) is 0 Å². The molecule has 0 bridgehead atoms. The molecular weight excluding hydrogens is 278 g/mol. The normalized spacial score (nSPS) is 12.3. The third kappa shape index (κ3) is 3.73. The summed E-state index contributed by atoms with van der Waals surface area (Å²) in [4.78, 5) is 23.3. The fourth-order valence-corrected chi connectivity index (χ4v) is 1.64. The number of benzene rings is 1. The number of carbonyl (C=O) groups excluding carboxylic acids is 2. The van der Waals surface area contributed by atoms with Gasteiger partial charge in [-0.2, -0.15) is 0 Å². The number of ketones is 1. The maximum Gasteiger partial charge on any atom is 0.338 e. The summed E-state index contributed by atoms with van der Waals surface area (Å²) in [5.41, 5.74) is -0.660. The van der Waals surface area contributed by atoms with Crippen LogP contribution in [0, 0.1) is 0 Å². The Morgan fingerprint density at radius 2 is 2.00 bits per heavy atom. The molecule has 0 amide bonds. The molecule has 0 radical (unpaired) electrons. The topological polar surface area (TPSA) is 43.4 Å². The number of ether oxygens (including phenoxy) is 1. The second-order valence-electron chi connectivity index (χ2n) is 3.80. The van der Waals surface area contributed by atoms with Gasteiger partial charge in [0.05, 0.1) is 17.5 Å². The second kappa shape index (κ2) is 6.61. The molecule has 0 aliphatic rings. The molecule has 6 heteroatoms. The van der Waals surface area contributed by atoms with E-state index in [1.165, 1.54) is 13.0 Å². The Labute approximate surface area is 114 Å². The summed E-state index contributed by atoms with van der Waals surface area (Å²) in [6.07, 6.45) is -2.82. The van der Waals surface area contributed by atoms with E-state index in [0.29, 0.717) is 0 Å². The third-order valence-electron chi connectivity index (χ3n) is 2.43. The average molecular weight is 291 g/mol. The first-order chi connectivity index (χ1) is 8.88. The Hall–Kier alpha value is -1.49. The number of esters is 1. The summed E-state index contributed by atoms with van der Waals surface area (Å²) in [5, 5.41) is -0.799. The molecule has 1 aromatic carbocycles. The van der Waals surface area contributed by atoms with Gasteiger partial charge in [0.1, 0.15) is 0 Å². The Morgan fingerprint density at radius 3 is 2.47 bits per heavy atom. The lowest BCUT2D eigenvalue weighted by Gasteiger charge is -2.10. The van der Waals surface area contributed by atoms with Gasteiger partial charge in [0.15, 0.2) is 5.78 Å². The summed E-state index contributed by atoms with van der Waals surface area (Å²) < 4.78 is 30.3. The van der Waals surface area contributed by atoms with Gasteiger partial charge in [-0.1, -0.05) is 12.1 Å². The zero-order chi connectivity index (χ0) is 14.6. The molecule has 1 aromatic rings. The highest BCUT2D eigenvalue weighted by atomic mass is 35.5. The van der Waals surface area contributed by atoms with E-state index in [0.717, 1.165) is 12.1 Å². The van der Waals surface area contributed by atoms with Gasteiger partial charge in [0, 0.05) is 11.1 Å². The quantitative estimate of drug-likeness (QED) is 0.473. The van der Waals surface area contributed by atoms with Crippen molar-refractivity contribution in [3.63, 3.8) is 0 Å². The highest BCUT2D eigenvalue weighted by Gasteiger charge is 2.22. The van der Waals surface area contributed by atoms with Crippen molar-refractivity contribution in [2.24, 2.45) is 0 Å². The lowest BCUT2D eigenvalue weighted by molar-refractivity contribution is 0.0515. The number of rotatable bonds is 5. The van der Waals surface area contributed by atoms with Crippen LogP contribution in [0.3, 0.4) is 0 Å². The van der Waals surface area contributed by atoms with E-state index in [9.17, 15) is 18.4 Å². The van der Waals surface area contributed by atoms with Crippen LogP contribution in [-0.4, -0.2) is 23.7 Å². The van der Waals surface area contributed by atoms with Crippen LogP contribution in [0.4, 0.5) is 8.78 Å². The average Bonchev–Trinajstić information content (AvgIpc) is 2.37. The van der Waals surface area contributed by atoms with Crippen molar-refractivity contribution >= 4 is 23.4 Å². The fourth-order valence-electron chi connectivity index (χ4n) is 1.52. The van der Waals surface area contributed by atoms with Crippen molar-refractivity contribution in [3.8, 4) is 0 Å². The van der Waals surface area contributed by atoms with E-state index in [4.69, 9.17) is 16.3 Å². The van der Waals surface area contributed by atoms with Crippen molar-refractivity contribution in [1.82, 2.24) is 0 Å². The summed E-state index contributed by atoms with van der Waals surface area (Å²) in [6.45, 7) is 3.09. The first-order valence-electron chi connectivity index (χ1n) is 5.66. The molecule has 0 fully saturated rings.